The number of methoxy groups -OCH3 is 1. The summed E-state index contributed by atoms with van der Waals surface area (Å²) >= 11 is 6.56. The molecule has 0 radical (unpaired) electrons. The van der Waals surface area contributed by atoms with Crippen molar-refractivity contribution in [3.8, 4) is 17.0 Å². The number of nitrogens with zero attached hydrogens (tertiary/aromatic N) is 4. The number of halogens is 2. The molecule has 0 aliphatic carbocycles. The zero-order valence-corrected chi connectivity index (χ0v) is 26.0. The van der Waals surface area contributed by atoms with E-state index in [9.17, 15) is 9.18 Å². The summed E-state index contributed by atoms with van der Waals surface area (Å²) < 4.78 is 27.3. The summed E-state index contributed by atoms with van der Waals surface area (Å²) in [6.07, 6.45) is 6.29. The third-order valence-corrected chi connectivity index (χ3v) is 6.61. The number of amides is 1. The van der Waals surface area contributed by atoms with E-state index in [0.717, 1.165) is 47.4 Å². The van der Waals surface area contributed by atoms with E-state index in [0.29, 0.717) is 29.6 Å². The van der Waals surface area contributed by atoms with Crippen molar-refractivity contribution >= 4 is 51.4 Å². The quantitative estimate of drug-likeness (QED) is 0.167. The van der Waals surface area contributed by atoms with E-state index >= 15 is 0 Å². The molecule has 228 valence electrons. The van der Waals surface area contributed by atoms with Crippen molar-refractivity contribution in [2.24, 2.45) is 7.05 Å². The molecule has 3 heterocycles. The lowest BCUT2D eigenvalue weighted by atomic mass is 10.1. The summed E-state index contributed by atoms with van der Waals surface area (Å²) in [5.74, 6) is -0.775. The number of aryl methyl sites for hydroxylation is 1. The van der Waals surface area contributed by atoms with Crippen LogP contribution in [0.3, 0.4) is 0 Å². The van der Waals surface area contributed by atoms with Crippen LogP contribution in [-0.2, 0) is 16.6 Å². The van der Waals surface area contributed by atoms with Crippen molar-refractivity contribution in [1.29, 1.82) is 0 Å². The maximum Gasteiger partial charge on any atom is 0.247 e. The summed E-state index contributed by atoms with van der Waals surface area (Å²) in [6, 6.07) is 8.88. The first kappa shape index (κ1) is 33.1. The van der Waals surface area contributed by atoms with E-state index in [-0.39, 0.29) is 17.4 Å². The van der Waals surface area contributed by atoms with Crippen molar-refractivity contribution in [3.63, 3.8) is 0 Å². The van der Waals surface area contributed by atoms with Gasteiger partial charge in [0.1, 0.15) is 5.75 Å². The normalized spacial score (nSPS) is 12.3. The molecule has 2 aromatic carbocycles. The van der Waals surface area contributed by atoms with Crippen molar-refractivity contribution in [2.45, 2.75) is 20.8 Å². The Morgan fingerprint density at radius 3 is 2.51 bits per heavy atom. The third kappa shape index (κ3) is 7.91. The molecule has 1 fully saturated rings. The Labute approximate surface area is 257 Å². The SMILES string of the molecule is C=CC.C=CC(=O)Nc1cc(Nc2ncc(Cl)c(-c3cn(C)c4cc(N5CCOCC5)ccc34)n2)c(OC)cc1F.CC. The first-order chi connectivity index (χ1) is 20.8. The number of ether oxygens (including phenoxy) is 2. The molecule has 4 aromatic rings. The Bertz CT molecular complexity index is 1580. The van der Waals surface area contributed by atoms with Gasteiger partial charge in [0.05, 0.1) is 54.1 Å². The Hall–Kier alpha value is -4.41. The molecule has 0 spiro atoms. The average molecular weight is 609 g/mol. The van der Waals surface area contributed by atoms with Gasteiger partial charge in [-0.3, -0.25) is 4.79 Å². The van der Waals surface area contributed by atoms with Gasteiger partial charge in [-0.05, 0) is 31.2 Å². The van der Waals surface area contributed by atoms with Crippen LogP contribution in [0.2, 0.25) is 5.02 Å². The highest BCUT2D eigenvalue weighted by molar-refractivity contribution is 6.33. The molecule has 0 atom stereocenters. The molecule has 5 rings (SSSR count). The maximum atomic E-state index is 14.5. The number of morpholine rings is 1. The van der Waals surface area contributed by atoms with E-state index in [2.05, 4.69) is 56.9 Å². The minimum absolute atomic E-state index is 0.0440. The van der Waals surface area contributed by atoms with Crippen LogP contribution in [0.15, 0.2) is 68.0 Å². The second-order valence-corrected chi connectivity index (χ2v) is 9.51. The summed E-state index contributed by atoms with van der Waals surface area (Å²) in [5.41, 5.74) is 3.86. The minimum atomic E-state index is -0.660. The third-order valence-electron chi connectivity index (χ3n) is 6.33. The van der Waals surface area contributed by atoms with Crippen LogP contribution in [0.1, 0.15) is 20.8 Å². The van der Waals surface area contributed by atoms with Crippen LogP contribution in [0, 0.1) is 5.82 Å². The fourth-order valence-corrected chi connectivity index (χ4v) is 4.61. The smallest absolute Gasteiger partial charge is 0.247 e. The highest BCUT2D eigenvalue weighted by atomic mass is 35.5. The Kier molecular flexibility index (Phi) is 12.1. The fourth-order valence-electron chi connectivity index (χ4n) is 4.42. The van der Waals surface area contributed by atoms with E-state index < -0.39 is 11.7 Å². The van der Waals surface area contributed by atoms with Gasteiger partial charge in [-0.2, -0.15) is 0 Å². The van der Waals surface area contributed by atoms with Crippen LogP contribution in [-0.4, -0.2) is 53.9 Å². The van der Waals surface area contributed by atoms with Crippen LogP contribution in [0.25, 0.3) is 22.2 Å². The Balaban J connectivity index is 0.000000953. The predicted octanol–water partition coefficient (Wildman–Crippen LogP) is 7.36. The number of fused-ring (bicyclic) bond motifs is 1. The van der Waals surface area contributed by atoms with Gasteiger partial charge >= 0.3 is 0 Å². The molecule has 2 aromatic heterocycles. The first-order valence-corrected chi connectivity index (χ1v) is 14.3. The zero-order valence-electron chi connectivity index (χ0n) is 25.2. The van der Waals surface area contributed by atoms with E-state index in [1.54, 1.807) is 6.08 Å². The molecule has 9 nitrogen and oxygen atoms in total. The maximum absolute atomic E-state index is 14.5. The number of carbonyl (C=O) groups is 1. The lowest BCUT2D eigenvalue weighted by Gasteiger charge is -2.29. The van der Waals surface area contributed by atoms with Gasteiger partial charge in [-0.25, -0.2) is 14.4 Å². The molecular formula is C32H38ClFN6O3. The highest BCUT2D eigenvalue weighted by Crippen LogP contribution is 2.37. The van der Waals surface area contributed by atoms with Crippen LogP contribution in [0.5, 0.6) is 5.75 Å². The fraction of sp³-hybridized carbons (Fsp3) is 0.281. The van der Waals surface area contributed by atoms with Gasteiger partial charge in [0, 0.05) is 49.0 Å². The Morgan fingerprint density at radius 2 is 1.86 bits per heavy atom. The summed E-state index contributed by atoms with van der Waals surface area (Å²) in [5, 5.41) is 6.85. The standard InChI is InChI=1S/C27H26ClFN6O3.C3H6.C2H6/c1-4-25(36)31-21-13-22(24(37-3)12-20(21)29)32-27-30-14-19(28)26(33-27)18-15-34(2)23-11-16(5-6-17(18)23)35-7-9-38-10-8-35;1-3-2;1-2/h4-6,11-15H,1,7-10H2,2-3H3,(H,31,36)(H,30,32,33);3H,1H2,2H3;1-2H3. The Morgan fingerprint density at radius 1 is 1.16 bits per heavy atom. The van der Waals surface area contributed by atoms with Crippen LogP contribution < -0.4 is 20.3 Å². The second-order valence-electron chi connectivity index (χ2n) is 9.10. The zero-order chi connectivity index (χ0) is 31.5. The molecule has 2 N–H and O–H groups in total. The predicted molar refractivity (Wildman–Crippen MR) is 174 cm³/mol. The number of rotatable bonds is 7. The molecule has 0 saturated carbocycles. The van der Waals surface area contributed by atoms with Crippen LogP contribution in [0.4, 0.5) is 27.4 Å². The summed E-state index contributed by atoms with van der Waals surface area (Å²) in [7, 11) is 3.39. The van der Waals surface area contributed by atoms with Crippen molar-refractivity contribution < 1.29 is 18.7 Å². The lowest BCUT2D eigenvalue weighted by molar-refractivity contribution is -0.111. The number of aromatic nitrogens is 3. The molecule has 1 aliphatic rings. The van der Waals surface area contributed by atoms with Crippen LogP contribution >= 0.6 is 11.6 Å². The molecular weight excluding hydrogens is 571 g/mol. The number of nitrogens with one attached hydrogen (secondary N) is 2. The molecule has 1 amide bonds. The lowest BCUT2D eigenvalue weighted by Crippen LogP contribution is -2.36. The highest BCUT2D eigenvalue weighted by Gasteiger charge is 2.19. The monoisotopic (exact) mass is 608 g/mol. The second kappa shape index (κ2) is 15.7. The van der Waals surface area contributed by atoms with Gasteiger partial charge in [0.15, 0.2) is 5.82 Å². The number of hydrogen-bond donors (Lipinski definition) is 2. The van der Waals surface area contributed by atoms with E-state index in [4.69, 9.17) is 21.1 Å². The summed E-state index contributed by atoms with van der Waals surface area (Å²) in [6.45, 7) is 15.8. The van der Waals surface area contributed by atoms with Gasteiger partial charge in [0.2, 0.25) is 11.9 Å². The van der Waals surface area contributed by atoms with E-state index in [1.807, 2.05) is 38.6 Å². The molecule has 43 heavy (non-hydrogen) atoms. The van der Waals surface area contributed by atoms with Crippen molar-refractivity contribution in [2.75, 3.05) is 48.9 Å². The minimum Gasteiger partial charge on any atom is -0.494 e. The largest absolute Gasteiger partial charge is 0.494 e. The van der Waals surface area contributed by atoms with Crippen molar-refractivity contribution in [1.82, 2.24) is 14.5 Å². The molecule has 0 unspecified atom stereocenters. The van der Waals surface area contributed by atoms with E-state index in [1.165, 1.54) is 19.4 Å². The number of benzene rings is 2. The molecule has 1 aliphatic heterocycles. The topological polar surface area (TPSA) is 93.5 Å². The van der Waals surface area contributed by atoms with Gasteiger partial charge in [-0.1, -0.05) is 44.2 Å². The number of hydrogen-bond acceptors (Lipinski definition) is 7. The number of allylic oxidation sites excluding steroid dienone is 1. The van der Waals surface area contributed by atoms with Gasteiger partial charge < -0.3 is 29.6 Å². The summed E-state index contributed by atoms with van der Waals surface area (Å²) in [4.78, 5) is 23.0. The van der Waals surface area contributed by atoms with Gasteiger partial charge in [0.25, 0.3) is 0 Å². The first-order valence-electron chi connectivity index (χ1n) is 13.9. The van der Waals surface area contributed by atoms with Crippen molar-refractivity contribution in [3.05, 3.63) is 78.9 Å². The number of anilines is 4. The molecule has 0 bridgehead atoms. The number of carbonyl (C=O) groups excluding carboxylic acids is 1. The molecule has 11 heteroatoms. The average Bonchev–Trinajstić information content (AvgIpc) is 3.36. The molecule has 1 saturated heterocycles. The van der Waals surface area contributed by atoms with Gasteiger partial charge in [-0.15, -0.1) is 6.58 Å².